The Labute approximate surface area is 203 Å². The highest BCUT2D eigenvalue weighted by Crippen LogP contribution is 2.32. The Balaban J connectivity index is 1.27. The number of hydrogen-bond acceptors (Lipinski definition) is 4. The first-order chi connectivity index (χ1) is 16.6. The summed E-state index contributed by atoms with van der Waals surface area (Å²) in [6.45, 7) is 6.03. The van der Waals surface area contributed by atoms with Crippen LogP contribution >= 0.6 is 0 Å². The smallest absolute Gasteiger partial charge is 0.249 e. The molecule has 3 aliphatic heterocycles. The van der Waals surface area contributed by atoms with Crippen LogP contribution in [-0.4, -0.2) is 67.7 Å². The summed E-state index contributed by atoms with van der Waals surface area (Å²) in [5.74, 6) is 1.03. The van der Waals surface area contributed by atoms with E-state index in [0.717, 1.165) is 74.4 Å². The molecule has 5 heteroatoms. The van der Waals surface area contributed by atoms with E-state index in [2.05, 4.69) is 66.2 Å². The summed E-state index contributed by atoms with van der Waals surface area (Å²) in [5.41, 5.74) is 5.42. The number of ether oxygens (including phenoxy) is 2. The van der Waals surface area contributed by atoms with Crippen LogP contribution < -0.4 is 4.74 Å². The van der Waals surface area contributed by atoms with Gasteiger partial charge in [-0.25, -0.2) is 0 Å². The monoisotopic (exact) mass is 460 g/mol. The molecule has 0 aliphatic carbocycles. The average molecular weight is 461 g/mol. The maximum absolute atomic E-state index is 13.5. The number of nitrogens with zero attached hydrogens (tertiary/aromatic N) is 2. The highest BCUT2D eigenvalue weighted by Gasteiger charge is 2.30. The average Bonchev–Trinajstić information content (AvgIpc) is 3.11. The molecule has 2 aromatic carbocycles. The highest BCUT2D eigenvalue weighted by molar-refractivity contribution is 5.98. The number of rotatable bonds is 4. The van der Waals surface area contributed by atoms with E-state index in [9.17, 15) is 4.79 Å². The normalized spacial score (nSPS) is 19.9. The first-order valence-electron chi connectivity index (χ1n) is 12.7. The van der Waals surface area contributed by atoms with E-state index in [-0.39, 0.29) is 5.91 Å². The lowest BCUT2D eigenvalue weighted by Crippen LogP contribution is -2.50. The molecule has 5 rings (SSSR count). The molecule has 0 atom stereocenters. The molecule has 2 fully saturated rings. The summed E-state index contributed by atoms with van der Waals surface area (Å²) in [4.78, 5) is 18.1. The zero-order valence-electron chi connectivity index (χ0n) is 20.5. The molecule has 1 amide bonds. The molecule has 3 heterocycles. The van der Waals surface area contributed by atoms with Gasteiger partial charge < -0.3 is 19.3 Å². The third kappa shape index (κ3) is 5.06. The van der Waals surface area contributed by atoms with Crippen molar-refractivity contribution in [3.05, 3.63) is 59.2 Å². The van der Waals surface area contributed by atoms with Gasteiger partial charge in [0.2, 0.25) is 5.91 Å². The Morgan fingerprint density at radius 1 is 0.912 bits per heavy atom. The van der Waals surface area contributed by atoms with Gasteiger partial charge in [-0.3, -0.25) is 4.79 Å². The van der Waals surface area contributed by atoms with Gasteiger partial charge in [0.1, 0.15) is 5.75 Å². The topological polar surface area (TPSA) is 42.0 Å². The minimum absolute atomic E-state index is 0.171. The number of amides is 1. The Kier molecular flexibility index (Phi) is 7.02. The summed E-state index contributed by atoms with van der Waals surface area (Å²) in [6.07, 6.45) is 7.02. The van der Waals surface area contributed by atoms with Gasteiger partial charge in [-0.2, -0.15) is 0 Å². The second-order valence-electron chi connectivity index (χ2n) is 9.92. The number of piperidine rings is 1. The van der Waals surface area contributed by atoms with Crippen LogP contribution in [0.25, 0.3) is 17.2 Å². The van der Waals surface area contributed by atoms with Crippen LogP contribution in [0.3, 0.4) is 0 Å². The first kappa shape index (κ1) is 23.1. The summed E-state index contributed by atoms with van der Waals surface area (Å²) < 4.78 is 11.5. The predicted octanol–water partition coefficient (Wildman–Crippen LogP) is 4.93. The fourth-order valence-electron chi connectivity index (χ4n) is 5.49. The van der Waals surface area contributed by atoms with Crippen LogP contribution in [0, 0.1) is 6.92 Å². The molecule has 0 aromatic heterocycles. The fraction of sp³-hybridized carbons (Fsp3) is 0.483. The molecule has 0 saturated carbocycles. The van der Waals surface area contributed by atoms with Gasteiger partial charge in [0.25, 0.3) is 0 Å². The summed E-state index contributed by atoms with van der Waals surface area (Å²) in [6, 6.07) is 16.0. The molecule has 0 N–H and O–H groups in total. The van der Waals surface area contributed by atoms with Crippen molar-refractivity contribution >= 4 is 12.0 Å². The first-order valence-corrected chi connectivity index (χ1v) is 12.7. The van der Waals surface area contributed by atoms with Crippen molar-refractivity contribution in [1.82, 2.24) is 9.80 Å². The number of carbonyl (C=O) groups excluding carboxylic acids is 1. The molecule has 0 unspecified atom stereocenters. The standard InChI is InChI=1S/C29H36N2O3/c1-21-3-5-22(6-4-21)23-7-8-28-25(19-23)20-24(11-18-34-28)29(32)31-14-9-26(10-15-31)30(2)27-12-16-33-17-13-27/h3-8,19-20,26-27H,9-18H2,1-2H3. The minimum atomic E-state index is 0.171. The van der Waals surface area contributed by atoms with Crippen molar-refractivity contribution in [2.45, 2.75) is 51.1 Å². The van der Waals surface area contributed by atoms with Crippen molar-refractivity contribution in [3.8, 4) is 16.9 Å². The third-order valence-electron chi connectivity index (χ3n) is 7.72. The Bertz CT molecular complexity index is 1030. The van der Waals surface area contributed by atoms with Crippen molar-refractivity contribution in [3.63, 3.8) is 0 Å². The number of likely N-dealkylation sites (tertiary alicyclic amines) is 1. The van der Waals surface area contributed by atoms with Gasteiger partial charge in [-0.1, -0.05) is 35.9 Å². The molecule has 0 radical (unpaired) electrons. The molecular weight excluding hydrogens is 424 g/mol. The number of fused-ring (bicyclic) bond motifs is 1. The van der Waals surface area contributed by atoms with Crippen LogP contribution in [0.4, 0.5) is 0 Å². The SMILES string of the molecule is Cc1ccc(-c2ccc3c(c2)C=C(C(=O)N2CCC(N(C)C4CCOCC4)CC2)CCO3)cc1. The molecule has 0 bridgehead atoms. The van der Waals surface area contributed by atoms with Crippen molar-refractivity contribution < 1.29 is 14.3 Å². The molecule has 3 aliphatic rings. The molecular formula is C29H36N2O3. The Morgan fingerprint density at radius 2 is 1.59 bits per heavy atom. The number of carbonyl (C=O) groups is 1. The second kappa shape index (κ2) is 10.3. The van der Waals surface area contributed by atoms with E-state index in [1.165, 1.54) is 11.1 Å². The lowest BCUT2D eigenvalue weighted by molar-refractivity contribution is -0.129. The Hall–Kier alpha value is -2.63. The van der Waals surface area contributed by atoms with E-state index in [1.54, 1.807) is 0 Å². The molecule has 5 nitrogen and oxygen atoms in total. The van der Waals surface area contributed by atoms with Gasteiger partial charge in [0, 0.05) is 55.9 Å². The molecule has 34 heavy (non-hydrogen) atoms. The molecule has 2 saturated heterocycles. The van der Waals surface area contributed by atoms with Gasteiger partial charge in [0.05, 0.1) is 6.61 Å². The van der Waals surface area contributed by atoms with Crippen LogP contribution in [-0.2, 0) is 9.53 Å². The maximum atomic E-state index is 13.5. The molecule has 2 aromatic rings. The largest absolute Gasteiger partial charge is 0.493 e. The van der Waals surface area contributed by atoms with Crippen LogP contribution in [0.2, 0.25) is 0 Å². The highest BCUT2D eigenvalue weighted by atomic mass is 16.5. The van der Waals surface area contributed by atoms with Crippen LogP contribution in [0.5, 0.6) is 5.75 Å². The lowest BCUT2D eigenvalue weighted by atomic mass is 9.97. The van der Waals surface area contributed by atoms with Gasteiger partial charge >= 0.3 is 0 Å². The van der Waals surface area contributed by atoms with E-state index in [0.29, 0.717) is 25.1 Å². The predicted molar refractivity (Wildman–Crippen MR) is 136 cm³/mol. The summed E-state index contributed by atoms with van der Waals surface area (Å²) >= 11 is 0. The van der Waals surface area contributed by atoms with E-state index in [4.69, 9.17) is 9.47 Å². The number of aryl methyl sites for hydroxylation is 1. The molecule has 0 spiro atoms. The zero-order chi connectivity index (χ0) is 23.5. The summed E-state index contributed by atoms with van der Waals surface area (Å²) in [5, 5.41) is 0. The third-order valence-corrected chi connectivity index (χ3v) is 7.72. The van der Waals surface area contributed by atoms with Gasteiger partial charge in [0.15, 0.2) is 0 Å². The quantitative estimate of drug-likeness (QED) is 0.649. The number of benzene rings is 2. The fourth-order valence-corrected chi connectivity index (χ4v) is 5.49. The second-order valence-corrected chi connectivity index (χ2v) is 9.92. The van der Waals surface area contributed by atoms with E-state index >= 15 is 0 Å². The Morgan fingerprint density at radius 3 is 2.32 bits per heavy atom. The minimum Gasteiger partial charge on any atom is -0.493 e. The van der Waals surface area contributed by atoms with Crippen molar-refractivity contribution in [1.29, 1.82) is 0 Å². The van der Waals surface area contributed by atoms with E-state index in [1.807, 2.05) is 6.07 Å². The van der Waals surface area contributed by atoms with Gasteiger partial charge in [-0.05, 0) is 69.0 Å². The zero-order valence-corrected chi connectivity index (χ0v) is 20.5. The van der Waals surface area contributed by atoms with E-state index < -0.39 is 0 Å². The number of hydrogen-bond donors (Lipinski definition) is 0. The van der Waals surface area contributed by atoms with Crippen molar-refractivity contribution in [2.75, 3.05) is 40.0 Å². The van der Waals surface area contributed by atoms with Crippen LogP contribution in [0.15, 0.2) is 48.0 Å². The summed E-state index contributed by atoms with van der Waals surface area (Å²) in [7, 11) is 2.26. The van der Waals surface area contributed by atoms with Gasteiger partial charge in [-0.15, -0.1) is 0 Å². The van der Waals surface area contributed by atoms with Crippen LogP contribution in [0.1, 0.15) is 43.2 Å². The van der Waals surface area contributed by atoms with Crippen molar-refractivity contribution in [2.24, 2.45) is 0 Å². The lowest BCUT2D eigenvalue weighted by Gasteiger charge is -2.41. The molecule has 180 valence electrons. The maximum Gasteiger partial charge on any atom is 0.249 e.